The van der Waals surface area contributed by atoms with Gasteiger partial charge >= 0.3 is 5.97 Å². The van der Waals surface area contributed by atoms with Crippen molar-refractivity contribution in [2.75, 3.05) is 13.2 Å². The Balaban J connectivity index is 3.25. The van der Waals surface area contributed by atoms with Crippen molar-refractivity contribution in [3.8, 4) is 0 Å². The van der Waals surface area contributed by atoms with Gasteiger partial charge in [-0.3, -0.25) is 0 Å². The first kappa shape index (κ1) is 9.97. The zero-order valence-corrected chi connectivity index (χ0v) is 6.25. The highest BCUT2D eigenvalue weighted by Gasteiger charge is 2.04. The maximum atomic E-state index is 10.5. The molecule has 0 aliphatic carbocycles. The summed E-state index contributed by atoms with van der Waals surface area (Å²) in [5.41, 5.74) is 0. The Hall–Kier alpha value is -1.03. The predicted molar refractivity (Wildman–Crippen MR) is 39.0 cm³/mol. The minimum atomic E-state index is -0.803. The van der Waals surface area contributed by atoms with Gasteiger partial charge in [0.1, 0.15) is 0 Å². The number of rotatable bonds is 5. The van der Waals surface area contributed by atoms with Gasteiger partial charge in [-0.15, -0.1) is 0 Å². The smallest absolute Gasteiger partial charge is 0.372 e. The third-order valence-corrected chi connectivity index (χ3v) is 1.02. The summed E-state index contributed by atoms with van der Waals surface area (Å²) in [6, 6.07) is 0. The van der Waals surface area contributed by atoms with Crippen molar-refractivity contribution in [2.24, 2.45) is 0 Å². The normalized spacial score (nSPS) is 9.18. The first-order valence-electron chi connectivity index (χ1n) is 3.34. The predicted octanol–water partition coefficient (Wildman–Crippen LogP) is 0.374. The van der Waals surface area contributed by atoms with Crippen LogP contribution < -0.4 is 0 Å². The number of carbonyl (C=O) groups excluding carboxylic acids is 1. The molecule has 0 radical (unpaired) electrons. The van der Waals surface area contributed by atoms with Gasteiger partial charge < -0.3 is 14.9 Å². The van der Waals surface area contributed by atoms with Gasteiger partial charge in [0.15, 0.2) is 5.76 Å². The molecule has 0 aromatic heterocycles. The van der Waals surface area contributed by atoms with Gasteiger partial charge in [-0.25, -0.2) is 4.79 Å². The molecule has 0 spiro atoms. The van der Waals surface area contributed by atoms with E-state index in [1.165, 1.54) is 0 Å². The molecule has 0 fully saturated rings. The molecule has 0 saturated carbocycles. The molecule has 0 heterocycles. The van der Waals surface area contributed by atoms with Gasteiger partial charge in [-0.05, 0) is 19.4 Å². The van der Waals surface area contributed by atoms with Crippen LogP contribution in [0, 0.1) is 0 Å². The molecule has 0 aromatic carbocycles. The number of esters is 1. The molecule has 0 atom stereocenters. The average molecular weight is 160 g/mol. The second-order valence-corrected chi connectivity index (χ2v) is 2.01. The zero-order valence-electron chi connectivity index (χ0n) is 6.25. The molecule has 0 saturated heterocycles. The molecule has 64 valence electrons. The molecule has 0 amide bonds. The van der Waals surface area contributed by atoms with Crippen LogP contribution in [0.25, 0.3) is 0 Å². The highest BCUT2D eigenvalue weighted by molar-refractivity contribution is 5.84. The Morgan fingerprint density at radius 2 is 2.09 bits per heavy atom. The lowest BCUT2D eigenvalue weighted by molar-refractivity contribution is -0.142. The minimum absolute atomic E-state index is 0.0810. The SMILES string of the molecule is C=C(O)C(=O)OCCCCO. The lowest BCUT2D eigenvalue weighted by Gasteiger charge is -2.01. The van der Waals surface area contributed by atoms with E-state index < -0.39 is 11.7 Å². The molecular formula is C7H12O4. The Labute approximate surface area is 65.1 Å². The second kappa shape index (κ2) is 5.73. The van der Waals surface area contributed by atoms with Crippen LogP contribution in [-0.2, 0) is 9.53 Å². The van der Waals surface area contributed by atoms with E-state index in [0.717, 1.165) is 0 Å². The van der Waals surface area contributed by atoms with Crippen LogP contribution in [0.4, 0.5) is 0 Å². The van der Waals surface area contributed by atoms with Crippen molar-refractivity contribution in [3.05, 3.63) is 12.3 Å². The lowest BCUT2D eigenvalue weighted by atomic mass is 10.3. The van der Waals surface area contributed by atoms with E-state index in [2.05, 4.69) is 11.3 Å². The number of hydrogen-bond acceptors (Lipinski definition) is 4. The number of aliphatic hydroxyl groups excluding tert-OH is 2. The van der Waals surface area contributed by atoms with E-state index in [9.17, 15) is 4.79 Å². The maximum Gasteiger partial charge on any atom is 0.372 e. The van der Waals surface area contributed by atoms with E-state index in [-0.39, 0.29) is 13.2 Å². The fourth-order valence-electron chi connectivity index (χ4n) is 0.462. The van der Waals surface area contributed by atoms with E-state index in [4.69, 9.17) is 10.2 Å². The van der Waals surface area contributed by atoms with Crippen molar-refractivity contribution in [2.45, 2.75) is 12.8 Å². The highest BCUT2D eigenvalue weighted by Crippen LogP contribution is 1.92. The topological polar surface area (TPSA) is 66.8 Å². The summed E-state index contributed by atoms with van der Waals surface area (Å²) in [6.45, 7) is 3.27. The number of carbonyl (C=O) groups is 1. The van der Waals surface area contributed by atoms with Gasteiger partial charge in [-0.2, -0.15) is 0 Å². The standard InChI is InChI=1S/C7H12O4/c1-6(9)7(10)11-5-3-2-4-8/h8-9H,1-5H2. The maximum absolute atomic E-state index is 10.5. The molecule has 0 rings (SSSR count). The summed E-state index contributed by atoms with van der Waals surface area (Å²) in [5.74, 6) is -1.39. The molecule has 0 aromatic rings. The van der Waals surface area contributed by atoms with Crippen molar-refractivity contribution in [1.82, 2.24) is 0 Å². The van der Waals surface area contributed by atoms with Gasteiger partial charge in [0.05, 0.1) is 6.61 Å². The van der Waals surface area contributed by atoms with Crippen molar-refractivity contribution in [1.29, 1.82) is 0 Å². The summed E-state index contributed by atoms with van der Waals surface area (Å²) >= 11 is 0. The summed E-state index contributed by atoms with van der Waals surface area (Å²) in [7, 11) is 0. The Kier molecular flexibility index (Phi) is 5.20. The quantitative estimate of drug-likeness (QED) is 0.264. The summed E-state index contributed by atoms with van der Waals surface area (Å²) in [4.78, 5) is 10.5. The van der Waals surface area contributed by atoms with E-state index in [0.29, 0.717) is 12.8 Å². The summed E-state index contributed by atoms with van der Waals surface area (Å²) < 4.78 is 4.51. The van der Waals surface area contributed by atoms with E-state index in [1.54, 1.807) is 0 Å². The van der Waals surface area contributed by atoms with Crippen LogP contribution >= 0.6 is 0 Å². The molecule has 11 heavy (non-hydrogen) atoms. The average Bonchev–Trinajstić information content (AvgIpc) is 1.97. The third kappa shape index (κ3) is 5.42. The van der Waals surface area contributed by atoms with Gasteiger partial charge in [0.2, 0.25) is 0 Å². The molecule has 0 aliphatic rings. The van der Waals surface area contributed by atoms with Crippen molar-refractivity contribution in [3.63, 3.8) is 0 Å². The zero-order chi connectivity index (χ0) is 8.69. The van der Waals surface area contributed by atoms with Crippen LogP contribution in [0.15, 0.2) is 12.3 Å². The van der Waals surface area contributed by atoms with Crippen molar-refractivity contribution < 1.29 is 19.7 Å². The van der Waals surface area contributed by atoms with Gasteiger partial charge in [0.25, 0.3) is 0 Å². The number of hydrogen-bond donors (Lipinski definition) is 2. The molecule has 4 nitrogen and oxygen atoms in total. The third-order valence-electron chi connectivity index (χ3n) is 1.02. The molecule has 4 heteroatoms. The number of unbranched alkanes of at least 4 members (excludes halogenated alkanes) is 1. The summed E-state index contributed by atoms with van der Waals surface area (Å²) in [6.07, 6.45) is 1.18. The van der Waals surface area contributed by atoms with Crippen LogP contribution in [0.2, 0.25) is 0 Å². The molecule has 0 unspecified atom stereocenters. The first-order valence-corrected chi connectivity index (χ1v) is 3.34. The Morgan fingerprint density at radius 1 is 1.45 bits per heavy atom. The molecular weight excluding hydrogens is 148 g/mol. The minimum Gasteiger partial charge on any atom is -0.502 e. The Bertz CT molecular complexity index is 141. The monoisotopic (exact) mass is 160 g/mol. The Morgan fingerprint density at radius 3 is 2.55 bits per heavy atom. The fraction of sp³-hybridized carbons (Fsp3) is 0.571. The number of ether oxygens (including phenoxy) is 1. The molecule has 0 aliphatic heterocycles. The first-order chi connectivity index (χ1) is 5.18. The fourth-order valence-corrected chi connectivity index (χ4v) is 0.462. The second-order valence-electron chi connectivity index (χ2n) is 2.01. The van der Waals surface area contributed by atoms with Crippen LogP contribution in [-0.4, -0.2) is 29.4 Å². The summed E-state index contributed by atoms with van der Waals surface area (Å²) in [5, 5.41) is 16.8. The largest absolute Gasteiger partial charge is 0.502 e. The number of aliphatic hydroxyl groups is 2. The van der Waals surface area contributed by atoms with Crippen LogP contribution in [0.3, 0.4) is 0 Å². The van der Waals surface area contributed by atoms with E-state index >= 15 is 0 Å². The van der Waals surface area contributed by atoms with Crippen LogP contribution in [0.5, 0.6) is 0 Å². The van der Waals surface area contributed by atoms with Crippen molar-refractivity contribution >= 4 is 5.97 Å². The van der Waals surface area contributed by atoms with Gasteiger partial charge in [-0.1, -0.05) is 0 Å². The lowest BCUT2D eigenvalue weighted by Crippen LogP contribution is -2.07. The van der Waals surface area contributed by atoms with E-state index in [1.807, 2.05) is 0 Å². The molecule has 0 bridgehead atoms. The highest BCUT2D eigenvalue weighted by atomic mass is 16.5. The molecule has 2 N–H and O–H groups in total. The van der Waals surface area contributed by atoms with Gasteiger partial charge in [0, 0.05) is 6.61 Å². The van der Waals surface area contributed by atoms with Crippen LogP contribution in [0.1, 0.15) is 12.8 Å².